The van der Waals surface area contributed by atoms with Crippen LogP contribution in [0.5, 0.6) is 0 Å². The Bertz CT molecular complexity index is 269. The second kappa shape index (κ2) is 6.83. The quantitative estimate of drug-likeness (QED) is 0.567. The van der Waals surface area contributed by atoms with Gasteiger partial charge in [-0.15, -0.1) is 0 Å². The molecule has 0 saturated heterocycles. The Kier molecular flexibility index (Phi) is 5.69. The molecule has 0 radical (unpaired) electrons. The fourth-order valence-electron chi connectivity index (χ4n) is 1.56. The van der Waals surface area contributed by atoms with Crippen LogP contribution in [0, 0.1) is 0 Å². The van der Waals surface area contributed by atoms with Crippen molar-refractivity contribution in [3.05, 3.63) is 23.8 Å². The minimum Gasteiger partial charge on any atom is -0.469 e. The molecular formula is C12H17BrO2. The summed E-state index contributed by atoms with van der Waals surface area (Å²) < 4.78 is 4.59. The molecule has 2 nitrogen and oxygen atoms in total. The molecular weight excluding hydrogens is 256 g/mol. The molecule has 1 aliphatic rings. The molecule has 0 N–H and O–H groups in total. The van der Waals surface area contributed by atoms with E-state index < -0.39 is 0 Å². The Labute approximate surface area is 99.5 Å². The summed E-state index contributed by atoms with van der Waals surface area (Å²) in [5, 5.41) is 0. The zero-order valence-electron chi connectivity index (χ0n) is 9.04. The third-order valence-corrected chi connectivity index (χ3v) is 3.44. The highest BCUT2D eigenvalue weighted by Gasteiger charge is 2.10. The molecule has 0 spiro atoms. The van der Waals surface area contributed by atoms with Gasteiger partial charge in [-0.1, -0.05) is 34.2 Å². The lowest BCUT2D eigenvalue weighted by atomic mass is 10.0. The fraction of sp³-hybridized carbons (Fsp3) is 0.583. The van der Waals surface area contributed by atoms with Crippen molar-refractivity contribution >= 4 is 21.9 Å². The number of hydrogen-bond donors (Lipinski definition) is 0. The average Bonchev–Trinajstić information content (AvgIpc) is 2.29. The van der Waals surface area contributed by atoms with E-state index in [1.54, 1.807) is 0 Å². The number of allylic oxidation sites excluding steroid dienone is 4. The van der Waals surface area contributed by atoms with Gasteiger partial charge in [0, 0.05) is 11.2 Å². The summed E-state index contributed by atoms with van der Waals surface area (Å²) in [5.41, 5.74) is 1.34. The zero-order chi connectivity index (χ0) is 11.1. The molecule has 15 heavy (non-hydrogen) atoms. The largest absolute Gasteiger partial charge is 0.469 e. The first-order valence-corrected chi connectivity index (χ1v) is 6.23. The Balaban J connectivity index is 2.23. The van der Waals surface area contributed by atoms with Crippen LogP contribution in [0.25, 0.3) is 0 Å². The molecule has 1 aliphatic carbocycles. The molecule has 0 heterocycles. The summed E-state index contributed by atoms with van der Waals surface area (Å²) >= 11 is 3.64. The number of esters is 1. The van der Waals surface area contributed by atoms with Gasteiger partial charge in [0.1, 0.15) is 0 Å². The summed E-state index contributed by atoms with van der Waals surface area (Å²) in [6.45, 7) is 0. The molecule has 1 rings (SSSR count). The van der Waals surface area contributed by atoms with Crippen molar-refractivity contribution < 1.29 is 9.53 Å². The average molecular weight is 273 g/mol. The minimum absolute atomic E-state index is 0.122. The summed E-state index contributed by atoms with van der Waals surface area (Å²) in [7, 11) is 1.43. The van der Waals surface area contributed by atoms with Gasteiger partial charge in [0.2, 0.25) is 0 Å². The van der Waals surface area contributed by atoms with Crippen molar-refractivity contribution in [2.75, 3.05) is 7.11 Å². The molecule has 0 bridgehead atoms. The first kappa shape index (κ1) is 12.5. The highest BCUT2D eigenvalue weighted by Crippen LogP contribution is 2.23. The van der Waals surface area contributed by atoms with E-state index in [9.17, 15) is 4.79 Å². The van der Waals surface area contributed by atoms with Crippen molar-refractivity contribution in [1.29, 1.82) is 0 Å². The van der Waals surface area contributed by atoms with Crippen molar-refractivity contribution in [3.8, 4) is 0 Å². The Morgan fingerprint density at radius 2 is 2.40 bits per heavy atom. The van der Waals surface area contributed by atoms with Crippen LogP contribution >= 0.6 is 15.9 Å². The number of halogens is 1. The van der Waals surface area contributed by atoms with E-state index in [1.807, 2.05) is 0 Å². The second-order valence-electron chi connectivity index (χ2n) is 3.62. The van der Waals surface area contributed by atoms with Gasteiger partial charge >= 0.3 is 5.97 Å². The Morgan fingerprint density at radius 3 is 3.00 bits per heavy atom. The predicted octanol–water partition coefficient (Wildman–Crippen LogP) is 3.37. The first-order valence-electron chi connectivity index (χ1n) is 5.31. The van der Waals surface area contributed by atoms with E-state index in [2.05, 4.69) is 38.9 Å². The number of alkyl halides is 1. The zero-order valence-corrected chi connectivity index (χ0v) is 10.6. The SMILES string of the molecule is COC(=O)CCCC(Br)C1=CCCC=C1. The molecule has 0 aliphatic heterocycles. The summed E-state index contributed by atoms with van der Waals surface area (Å²) in [6.07, 6.45) is 11.3. The number of carbonyl (C=O) groups excluding carboxylic acids is 1. The normalized spacial score (nSPS) is 17.1. The summed E-state index contributed by atoms with van der Waals surface area (Å²) in [4.78, 5) is 11.3. The lowest BCUT2D eigenvalue weighted by Crippen LogP contribution is -2.05. The van der Waals surface area contributed by atoms with Crippen molar-refractivity contribution in [3.63, 3.8) is 0 Å². The van der Waals surface area contributed by atoms with E-state index in [1.165, 1.54) is 12.7 Å². The summed E-state index contributed by atoms with van der Waals surface area (Å²) in [6, 6.07) is 0. The van der Waals surface area contributed by atoms with Crippen LogP contribution in [0.15, 0.2) is 23.8 Å². The predicted molar refractivity (Wildman–Crippen MR) is 65.0 cm³/mol. The van der Waals surface area contributed by atoms with Gasteiger partial charge in [-0.25, -0.2) is 0 Å². The minimum atomic E-state index is -0.122. The highest BCUT2D eigenvalue weighted by molar-refractivity contribution is 9.09. The molecule has 0 amide bonds. The van der Waals surface area contributed by atoms with Crippen LogP contribution in [0.3, 0.4) is 0 Å². The van der Waals surface area contributed by atoms with Gasteiger partial charge in [0.15, 0.2) is 0 Å². The van der Waals surface area contributed by atoms with Crippen LogP contribution in [-0.4, -0.2) is 17.9 Å². The number of carbonyl (C=O) groups is 1. The molecule has 0 fully saturated rings. The number of ether oxygens (including phenoxy) is 1. The van der Waals surface area contributed by atoms with E-state index in [0.29, 0.717) is 11.2 Å². The van der Waals surface area contributed by atoms with E-state index >= 15 is 0 Å². The first-order chi connectivity index (χ1) is 7.24. The fourth-order valence-corrected chi connectivity index (χ4v) is 2.22. The van der Waals surface area contributed by atoms with Crippen LogP contribution in [0.2, 0.25) is 0 Å². The molecule has 0 saturated carbocycles. The Morgan fingerprint density at radius 1 is 1.60 bits per heavy atom. The van der Waals surface area contributed by atoms with Crippen molar-refractivity contribution in [2.24, 2.45) is 0 Å². The van der Waals surface area contributed by atoms with E-state index in [0.717, 1.165) is 25.7 Å². The van der Waals surface area contributed by atoms with Gasteiger partial charge in [-0.05, 0) is 31.3 Å². The maximum Gasteiger partial charge on any atom is 0.305 e. The van der Waals surface area contributed by atoms with E-state index in [-0.39, 0.29) is 5.97 Å². The third kappa shape index (κ3) is 4.65. The van der Waals surface area contributed by atoms with Crippen molar-refractivity contribution in [1.82, 2.24) is 0 Å². The molecule has 1 unspecified atom stereocenters. The molecule has 0 aromatic carbocycles. The van der Waals surface area contributed by atoms with Gasteiger partial charge in [-0.2, -0.15) is 0 Å². The number of hydrogen-bond acceptors (Lipinski definition) is 2. The molecule has 0 aromatic heterocycles. The van der Waals surface area contributed by atoms with Crippen LogP contribution in [0.4, 0.5) is 0 Å². The Hall–Kier alpha value is -0.570. The molecule has 84 valence electrons. The number of rotatable bonds is 5. The van der Waals surface area contributed by atoms with Gasteiger partial charge in [0.25, 0.3) is 0 Å². The van der Waals surface area contributed by atoms with Crippen LogP contribution in [-0.2, 0) is 9.53 Å². The standard InChI is InChI=1S/C12H17BrO2/c1-15-12(14)9-5-8-11(13)10-6-3-2-4-7-10/h3,6-7,11H,2,4-5,8-9H2,1H3. The maximum absolute atomic E-state index is 10.9. The molecule has 3 heteroatoms. The van der Waals surface area contributed by atoms with Gasteiger partial charge in [-0.3, -0.25) is 4.79 Å². The van der Waals surface area contributed by atoms with Crippen LogP contribution in [0.1, 0.15) is 32.1 Å². The topological polar surface area (TPSA) is 26.3 Å². The maximum atomic E-state index is 10.9. The highest BCUT2D eigenvalue weighted by atomic mass is 79.9. The second-order valence-corrected chi connectivity index (χ2v) is 4.73. The molecule has 1 atom stereocenters. The monoisotopic (exact) mass is 272 g/mol. The smallest absolute Gasteiger partial charge is 0.305 e. The lowest BCUT2D eigenvalue weighted by molar-refractivity contribution is -0.140. The lowest BCUT2D eigenvalue weighted by Gasteiger charge is -2.13. The van der Waals surface area contributed by atoms with Crippen LogP contribution < -0.4 is 0 Å². The summed E-state index contributed by atoms with van der Waals surface area (Å²) in [5.74, 6) is -0.122. The van der Waals surface area contributed by atoms with Gasteiger partial charge < -0.3 is 4.74 Å². The third-order valence-electron chi connectivity index (χ3n) is 2.45. The van der Waals surface area contributed by atoms with E-state index in [4.69, 9.17) is 0 Å². The van der Waals surface area contributed by atoms with Gasteiger partial charge in [0.05, 0.1) is 7.11 Å². The number of methoxy groups -OCH3 is 1. The molecule has 0 aromatic rings. The van der Waals surface area contributed by atoms with Crippen molar-refractivity contribution in [2.45, 2.75) is 36.9 Å².